The molecule has 1 spiro atoms. The number of epoxide rings is 1. The van der Waals surface area contributed by atoms with Gasteiger partial charge in [0.1, 0.15) is 23.4 Å². The van der Waals surface area contributed by atoms with Crippen molar-refractivity contribution >= 4 is 23.7 Å². The standard InChI is InChI=1S/C29H34O12/c1-14(30)38-17-12-16-24(4,10-8-18(31)36-7)27(34)22(33)23(2,3)41-29(27,35)26(16,6)28-20(40-28)21(32)39-19(25(17,28)5)15-9-11-37-13-15/h8-11,13,16-17,19-20,34-35H,12H2,1-7H3/b10-8-/t16-,17-,19+,20-,24-,25+,26-,27+,28-,29+/m1/s1. The van der Waals surface area contributed by atoms with E-state index >= 15 is 0 Å². The molecule has 41 heavy (non-hydrogen) atoms. The molecule has 1 aromatic rings. The second-order valence-electron chi connectivity index (χ2n) is 12.9. The molecular formula is C29H34O12. The Labute approximate surface area is 235 Å². The Morgan fingerprint density at radius 1 is 1.10 bits per heavy atom. The normalized spacial score (nSPS) is 49.0. The number of ketones is 1. The first-order valence-corrected chi connectivity index (χ1v) is 13.5. The van der Waals surface area contributed by atoms with Gasteiger partial charge < -0.3 is 38.3 Å². The van der Waals surface area contributed by atoms with E-state index in [1.807, 2.05) is 0 Å². The van der Waals surface area contributed by atoms with E-state index in [1.54, 1.807) is 19.9 Å². The molecule has 4 heterocycles. The molecule has 0 bridgehead atoms. The van der Waals surface area contributed by atoms with E-state index in [0.29, 0.717) is 5.56 Å². The summed E-state index contributed by atoms with van der Waals surface area (Å²) < 4.78 is 34.4. The number of carbonyl (C=O) groups is 4. The lowest BCUT2D eigenvalue weighted by atomic mass is 9.44. The minimum Gasteiger partial charge on any atom is -0.472 e. The average molecular weight is 575 g/mol. The molecule has 1 aromatic heterocycles. The van der Waals surface area contributed by atoms with Crippen LogP contribution in [-0.4, -0.2) is 75.8 Å². The zero-order chi connectivity index (χ0) is 30.2. The van der Waals surface area contributed by atoms with Crippen LogP contribution in [0.25, 0.3) is 0 Å². The molecule has 5 fully saturated rings. The van der Waals surface area contributed by atoms with E-state index in [2.05, 4.69) is 0 Å². The van der Waals surface area contributed by atoms with Crippen molar-refractivity contribution in [2.24, 2.45) is 22.2 Å². The molecule has 12 heteroatoms. The van der Waals surface area contributed by atoms with Crippen LogP contribution in [-0.2, 0) is 42.9 Å². The summed E-state index contributed by atoms with van der Waals surface area (Å²) in [5.74, 6) is -6.49. The maximum Gasteiger partial charge on any atom is 0.339 e. The Hall–Kier alpha value is -3.06. The first kappa shape index (κ1) is 28.1. The highest BCUT2D eigenvalue weighted by molar-refractivity contribution is 6.00. The van der Waals surface area contributed by atoms with Crippen LogP contribution in [0.4, 0.5) is 0 Å². The molecule has 0 aromatic carbocycles. The number of methoxy groups -OCH3 is 1. The predicted octanol–water partition coefficient (Wildman–Crippen LogP) is 1.53. The summed E-state index contributed by atoms with van der Waals surface area (Å²) in [6.07, 6.45) is 1.88. The van der Waals surface area contributed by atoms with Crippen molar-refractivity contribution in [1.82, 2.24) is 0 Å². The van der Waals surface area contributed by atoms with Gasteiger partial charge >= 0.3 is 17.9 Å². The summed E-state index contributed by atoms with van der Waals surface area (Å²) >= 11 is 0. The summed E-state index contributed by atoms with van der Waals surface area (Å²) in [6.45, 7) is 8.99. The summed E-state index contributed by atoms with van der Waals surface area (Å²) in [6, 6.07) is 1.61. The number of carbonyl (C=O) groups excluding carboxylic acids is 4. The highest BCUT2D eigenvalue weighted by Gasteiger charge is 2.99. The third kappa shape index (κ3) is 2.76. The van der Waals surface area contributed by atoms with Gasteiger partial charge in [-0.05, 0) is 39.2 Å². The van der Waals surface area contributed by atoms with Crippen LogP contribution in [0.15, 0.2) is 35.2 Å². The maximum atomic E-state index is 14.1. The molecule has 222 valence electrons. The predicted molar refractivity (Wildman–Crippen MR) is 134 cm³/mol. The van der Waals surface area contributed by atoms with E-state index in [9.17, 15) is 29.4 Å². The SMILES string of the molecule is COC(=O)/C=C\[C@]1(C)[C@H]2C[C@@H](OC(C)=O)[C@@]3(C)[C@H](c4ccoc4)OC(=O)[C@H]4O[C@]43[C@]2(C)[C@]2(O)OC(C)(C)C(=O)[C@@]21O. The molecule has 0 unspecified atom stereocenters. The fourth-order valence-electron chi connectivity index (χ4n) is 9.10. The number of cyclic esters (lactones) is 1. The van der Waals surface area contributed by atoms with Crippen LogP contribution >= 0.6 is 0 Å². The lowest BCUT2D eigenvalue weighted by molar-refractivity contribution is -0.347. The smallest absolute Gasteiger partial charge is 0.339 e. The second kappa shape index (κ2) is 7.85. The Morgan fingerprint density at radius 2 is 1.78 bits per heavy atom. The van der Waals surface area contributed by atoms with Gasteiger partial charge in [-0.1, -0.05) is 19.9 Å². The topological polar surface area (TPSA) is 171 Å². The van der Waals surface area contributed by atoms with Gasteiger partial charge in [0.15, 0.2) is 11.7 Å². The van der Waals surface area contributed by atoms with E-state index in [-0.39, 0.29) is 6.42 Å². The van der Waals surface area contributed by atoms with Crippen molar-refractivity contribution in [3.63, 3.8) is 0 Å². The molecule has 2 N–H and O–H groups in total. The van der Waals surface area contributed by atoms with Gasteiger partial charge in [0, 0.05) is 24.0 Å². The maximum absolute atomic E-state index is 14.1. The number of esters is 3. The number of furan rings is 1. The molecule has 6 rings (SSSR count). The third-order valence-electron chi connectivity index (χ3n) is 10.9. The second-order valence-corrected chi connectivity index (χ2v) is 12.9. The van der Waals surface area contributed by atoms with Crippen LogP contribution in [0.5, 0.6) is 0 Å². The molecule has 0 radical (unpaired) electrons. The Bertz CT molecular complexity index is 1400. The van der Waals surface area contributed by atoms with Crippen LogP contribution < -0.4 is 0 Å². The van der Waals surface area contributed by atoms with E-state index < -0.39 is 86.8 Å². The highest BCUT2D eigenvalue weighted by Crippen LogP contribution is 2.84. The van der Waals surface area contributed by atoms with Gasteiger partial charge in [-0.2, -0.15) is 0 Å². The van der Waals surface area contributed by atoms with E-state index in [1.165, 1.54) is 53.4 Å². The van der Waals surface area contributed by atoms with Crippen molar-refractivity contribution < 1.29 is 57.5 Å². The van der Waals surface area contributed by atoms with Gasteiger partial charge in [0.25, 0.3) is 0 Å². The number of rotatable bonds is 4. The number of aliphatic hydroxyl groups is 2. The molecule has 5 aliphatic rings. The van der Waals surface area contributed by atoms with E-state index in [0.717, 1.165) is 6.08 Å². The van der Waals surface area contributed by atoms with Crippen molar-refractivity contribution in [2.45, 2.75) is 88.9 Å². The van der Waals surface area contributed by atoms with Gasteiger partial charge in [-0.3, -0.25) is 9.59 Å². The van der Waals surface area contributed by atoms with E-state index in [4.69, 9.17) is 28.1 Å². The molecule has 12 nitrogen and oxygen atoms in total. The van der Waals surface area contributed by atoms with Crippen molar-refractivity contribution in [3.8, 4) is 0 Å². The third-order valence-corrected chi connectivity index (χ3v) is 10.9. The van der Waals surface area contributed by atoms with Crippen LogP contribution in [0.1, 0.15) is 59.6 Å². The molecule has 3 aliphatic heterocycles. The van der Waals surface area contributed by atoms with Gasteiger partial charge in [0.2, 0.25) is 11.6 Å². The minimum atomic E-state index is -2.63. The fraction of sp³-hybridized carbons (Fsp3) is 0.655. The fourth-order valence-corrected chi connectivity index (χ4v) is 9.10. The highest BCUT2D eigenvalue weighted by atomic mass is 16.7. The Balaban J connectivity index is 1.67. The molecule has 10 atom stereocenters. The monoisotopic (exact) mass is 574 g/mol. The Morgan fingerprint density at radius 3 is 2.37 bits per heavy atom. The van der Waals surface area contributed by atoms with Gasteiger partial charge in [-0.15, -0.1) is 0 Å². The number of Topliss-reactive ketones (excluding diaryl/α,β-unsaturated/α-hetero) is 1. The number of hydrogen-bond acceptors (Lipinski definition) is 12. The molecular weight excluding hydrogens is 540 g/mol. The van der Waals surface area contributed by atoms with Gasteiger partial charge in [-0.25, -0.2) is 9.59 Å². The van der Waals surface area contributed by atoms with Crippen molar-refractivity contribution in [3.05, 3.63) is 36.3 Å². The van der Waals surface area contributed by atoms with Crippen molar-refractivity contribution in [1.29, 1.82) is 0 Å². The first-order chi connectivity index (χ1) is 18.9. The summed E-state index contributed by atoms with van der Waals surface area (Å²) in [5, 5.41) is 25.3. The van der Waals surface area contributed by atoms with Crippen LogP contribution in [0, 0.1) is 22.2 Å². The van der Waals surface area contributed by atoms with Gasteiger partial charge in [0.05, 0.1) is 30.5 Å². The first-order valence-electron chi connectivity index (χ1n) is 13.5. The molecule has 2 aliphatic carbocycles. The molecule has 0 amide bonds. The minimum absolute atomic E-state index is 0.0278. The quantitative estimate of drug-likeness (QED) is 0.230. The number of hydrogen-bond donors (Lipinski definition) is 2. The average Bonchev–Trinajstić information content (AvgIpc) is 3.39. The summed E-state index contributed by atoms with van der Waals surface area (Å²) in [7, 11) is 1.18. The lowest BCUT2D eigenvalue weighted by Gasteiger charge is -2.61. The van der Waals surface area contributed by atoms with Crippen LogP contribution in [0.3, 0.4) is 0 Å². The number of fused-ring (bicyclic) bond motifs is 3. The number of ether oxygens (including phenoxy) is 5. The zero-order valence-electron chi connectivity index (χ0n) is 23.9. The summed E-state index contributed by atoms with van der Waals surface area (Å²) in [5.41, 5.74) is -10.3. The van der Waals surface area contributed by atoms with Crippen molar-refractivity contribution in [2.75, 3.05) is 7.11 Å². The largest absolute Gasteiger partial charge is 0.472 e. The van der Waals surface area contributed by atoms with Crippen LogP contribution in [0.2, 0.25) is 0 Å². The Kier molecular flexibility index (Phi) is 5.38. The molecule has 2 saturated carbocycles. The zero-order valence-corrected chi connectivity index (χ0v) is 23.9. The molecule has 3 saturated heterocycles. The lowest BCUT2D eigenvalue weighted by Crippen LogP contribution is -2.73. The summed E-state index contributed by atoms with van der Waals surface area (Å²) in [4.78, 5) is 52.3.